The Hall–Kier alpha value is -2.20. The summed E-state index contributed by atoms with van der Waals surface area (Å²) < 4.78 is 0. The van der Waals surface area contributed by atoms with Crippen molar-refractivity contribution < 1.29 is 0 Å². The van der Waals surface area contributed by atoms with Crippen LogP contribution in [0, 0.1) is 12.3 Å². The van der Waals surface area contributed by atoms with Crippen LogP contribution >= 0.6 is 0 Å². The highest BCUT2D eigenvalue weighted by atomic mass is 16.1. The zero-order chi connectivity index (χ0) is 20.6. The third kappa shape index (κ3) is 4.23. The molecule has 0 bridgehead atoms. The van der Waals surface area contributed by atoms with Crippen LogP contribution in [-0.2, 0) is 13.0 Å². The number of hydrogen-bond donors (Lipinski definition) is 1. The number of aryl methyl sites for hydroxylation is 1. The number of aromatic amines is 1. The Kier molecular flexibility index (Phi) is 5.48. The maximum absolute atomic E-state index is 12.6. The van der Waals surface area contributed by atoms with Gasteiger partial charge in [0.1, 0.15) is 5.82 Å². The molecule has 0 radical (unpaired) electrons. The van der Waals surface area contributed by atoms with Gasteiger partial charge in [0.2, 0.25) is 0 Å². The number of fused-ring (bicyclic) bond motifs is 1. The van der Waals surface area contributed by atoms with E-state index in [2.05, 4.69) is 49.7 Å². The molecule has 0 saturated carbocycles. The normalized spacial score (nSPS) is 19.3. The first kappa shape index (κ1) is 20.1. The lowest BCUT2D eigenvalue weighted by Gasteiger charge is -2.36. The van der Waals surface area contributed by atoms with Crippen LogP contribution in [0.15, 0.2) is 40.2 Å². The standard InChI is InChI=1S/C25H33N3O/c1-17-7-9-19(10-8-17)23-26-22-16-28(14-11-20(22)24(29)27-23)15-12-21-18(2)6-5-13-25(21,3)4/h7-10H,5-6,11-16H2,1-4H3,(H,26,27,29). The van der Waals surface area contributed by atoms with Gasteiger partial charge in [0.05, 0.1) is 5.69 Å². The molecule has 0 unspecified atom stereocenters. The summed E-state index contributed by atoms with van der Waals surface area (Å²) >= 11 is 0. The van der Waals surface area contributed by atoms with Crippen LogP contribution in [0.5, 0.6) is 0 Å². The molecule has 4 heteroatoms. The lowest BCUT2D eigenvalue weighted by atomic mass is 9.71. The first-order valence-electron chi connectivity index (χ1n) is 10.9. The van der Waals surface area contributed by atoms with Gasteiger partial charge in [-0.3, -0.25) is 9.69 Å². The second-order valence-corrected chi connectivity index (χ2v) is 9.48. The minimum absolute atomic E-state index is 0.0252. The summed E-state index contributed by atoms with van der Waals surface area (Å²) in [4.78, 5) is 23.0. The van der Waals surface area contributed by atoms with Gasteiger partial charge in [-0.05, 0) is 51.4 Å². The maximum Gasteiger partial charge on any atom is 0.254 e. The van der Waals surface area contributed by atoms with Gasteiger partial charge in [-0.15, -0.1) is 0 Å². The van der Waals surface area contributed by atoms with Gasteiger partial charge < -0.3 is 4.98 Å². The topological polar surface area (TPSA) is 49.0 Å². The molecule has 0 spiro atoms. The Morgan fingerprint density at radius 1 is 1.14 bits per heavy atom. The van der Waals surface area contributed by atoms with Gasteiger partial charge >= 0.3 is 0 Å². The van der Waals surface area contributed by atoms with E-state index in [4.69, 9.17) is 4.98 Å². The van der Waals surface area contributed by atoms with E-state index in [0.717, 1.165) is 49.3 Å². The van der Waals surface area contributed by atoms with Crippen LogP contribution in [0.2, 0.25) is 0 Å². The summed E-state index contributed by atoms with van der Waals surface area (Å²) in [7, 11) is 0. The van der Waals surface area contributed by atoms with Gasteiger partial charge in [-0.2, -0.15) is 0 Å². The van der Waals surface area contributed by atoms with Crippen LogP contribution in [0.4, 0.5) is 0 Å². The first-order chi connectivity index (χ1) is 13.8. The molecular formula is C25H33N3O. The molecule has 2 heterocycles. The van der Waals surface area contributed by atoms with Crippen LogP contribution < -0.4 is 5.56 Å². The molecule has 1 N–H and O–H groups in total. The van der Waals surface area contributed by atoms with Crippen molar-refractivity contribution in [3.8, 4) is 11.4 Å². The summed E-state index contributed by atoms with van der Waals surface area (Å²) in [6.07, 6.45) is 5.77. The highest BCUT2D eigenvalue weighted by molar-refractivity contribution is 5.55. The van der Waals surface area contributed by atoms with Gasteiger partial charge in [0.25, 0.3) is 5.56 Å². The highest BCUT2D eigenvalue weighted by Gasteiger charge is 2.29. The van der Waals surface area contributed by atoms with Gasteiger partial charge in [-0.1, -0.05) is 54.8 Å². The third-order valence-electron chi connectivity index (χ3n) is 6.84. The highest BCUT2D eigenvalue weighted by Crippen LogP contribution is 2.41. The summed E-state index contributed by atoms with van der Waals surface area (Å²) in [6.45, 7) is 11.9. The van der Waals surface area contributed by atoms with Crippen LogP contribution in [-0.4, -0.2) is 28.0 Å². The SMILES string of the molecule is CC1=C(CCN2CCc3c(nc(-c4ccc(C)cc4)[nH]c3=O)C2)C(C)(C)CCC1. The molecule has 1 aliphatic carbocycles. The monoisotopic (exact) mass is 391 g/mol. The zero-order valence-electron chi connectivity index (χ0n) is 18.3. The van der Waals surface area contributed by atoms with Crippen LogP contribution in [0.25, 0.3) is 11.4 Å². The molecule has 1 aromatic heterocycles. The lowest BCUT2D eigenvalue weighted by molar-refractivity contribution is 0.241. The van der Waals surface area contributed by atoms with Crippen molar-refractivity contribution in [1.29, 1.82) is 0 Å². The zero-order valence-corrected chi connectivity index (χ0v) is 18.3. The largest absolute Gasteiger partial charge is 0.306 e. The Balaban J connectivity index is 1.52. The third-order valence-corrected chi connectivity index (χ3v) is 6.84. The molecule has 2 aliphatic rings. The number of nitrogens with zero attached hydrogens (tertiary/aromatic N) is 2. The van der Waals surface area contributed by atoms with Crippen molar-refractivity contribution in [2.45, 2.75) is 66.3 Å². The molecule has 154 valence electrons. The van der Waals surface area contributed by atoms with Gasteiger partial charge in [-0.25, -0.2) is 4.98 Å². The fourth-order valence-electron chi connectivity index (χ4n) is 5.03. The van der Waals surface area contributed by atoms with Crippen molar-refractivity contribution in [2.24, 2.45) is 5.41 Å². The van der Waals surface area contributed by atoms with Crippen molar-refractivity contribution in [3.05, 3.63) is 62.6 Å². The van der Waals surface area contributed by atoms with Crippen molar-refractivity contribution >= 4 is 0 Å². The minimum atomic E-state index is 0.0252. The molecule has 2 aromatic rings. The van der Waals surface area contributed by atoms with Crippen molar-refractivity contribution in [1.82, 2.24) is 14.9 Å². The molecule has 0 fully saturated rings. The Labute approximate surface area is 174 Å². The quantitative estimate of drug-likeness (QED) is 0.745. The first-order valence-corrected chi connectivity index (χ1v) is 10.9. The second-order valence-electron chi connectivity index (χ2n) is 9.48. The Morgan fingerprint density at radius 3 is 2.62 bits per heavy atom. The Morgan fingerprint density at radius 2 is 1.90 bits per heavy atom. The average molecular weight is 392 g/mol. The van der Waals surface area contributed by atoms with E-state index in [0.29, 0.717) is 11.2 Å². The smallest absolute Gasteiger partial charge is 0.254 e. The number of aromatic nitrogens is 2. The summed E-state index contributed by atoms with van der Waals surface area (Å²) in [5.41, 5.74) is 7.58. The molecule has 1 aliphatic heterocycles. The number of rotatable bonds is 4. The van der Waals surface area contributed by atoms with E-state index < -0.39 is 0 Å². The number of H-pyrrole nitrogens is 1. The molecule has 4 rings (SSSR count). The average Bonchev–Trinajstić information content (AvgIpc) is 2.67. The molecule has 29 heavy (non-hydrogen) atoms. The molecule has 4 nitrogen and oxygen atoms in total. The van der Waals surface area contributed by atoms with Crippen LogP contribution in [0.3, 0.4) is 0 Å². The van der Waals surface area contributed by atoms with E-state index in [1.807, 2.05) is 12.1 Å². The fourth-order valence-corrected chi connectivity index (χ4v) is 5.03. The Bertz CT molecular complexity index is 982. The number of nitrogens with one attached hydrogen (secondary N) is 1. The molecule has 0 saturated heterocycles. The maximum atomic E-state index is 12.6. The number of allylic oxidation sites excluding steroid dienone is 1. The molecular weight excluding hydrogens is 358 g/mol. The predicted molar refractivity (Wildman–Crippen MR) is 119 cm³/mol. The fraction of sp³-hybridized carbons (Fsp3) is 0.520. The molecule has 0 atom stereocenters. The lowest BCUT2D eigenvalue weighted by Crippen LogP contribution is -2.36. The van der Waals surface area contributed by atoms with E-state index in [-0.39, 0.29) is 5.56 Å². The summed E-state index contributed by atoms with van der Waals surface area (Å²) in [5, 5.41) is 0. The van der Waals surface area contributed by atoms with Gasteiger partial charge in [0, 0.05) is 30.8 Å². The number of benzene rings is 1. The summed E-state index contributed by atoms with van der Waals surface area (Å²) in [5.74, 6) is 0.683. The van der Waals surface area contributed by atoms with E-state index >= 15 is 0 Å². The van der Waals surface area contributed by atoms with E-state index in [1.54, 1.807) is 11.1 Å². The minimum Gasteiger partial charge on any atom is -0.306 e. The predicted octanol–water partition coefficient (Wildman–Crippen LogP) is 5.02. The second kappa shape index (κ2) is 7.91. The molecule has 0 amide bonds. The van der Waals surface area contributed by atoms with Crippen molar-refractivity contribution in [3.63, 3.8) is 0 Å². The summed E-state index contributed by atoms with van der Waals surface area (Å²) in [6, 6.07) is 8.17. The number of hydrogen-bond acceptors (Lipinski definition) is 3. The van der Waals surface area contributed by atoms with Crippen LogP contribution in [0.1, 0.15) is 63.3 Å². The van der Waals surface area contributed by atoms with Crippen molar-refractivity contribution in [2.75, 3.05) is 13.1 Å². The van der Waals surface area contributed by atoms with E-state index in [1.165, 1.54) is 24.8 Å². The van der Waals surface area contributed by atoms with E-state index in [9.17, 15) is 4.79 Å². The van der Waals surface area contributed by atoms with Gasteiger partial charge in [0.15, 0.2) is 0 Å². The molecule has 1 aromatic carbocycles.